The SMILES string of the molecule is Cc1cc(C=Cc2ccccc2)c(O)c(Sc2cc(C)cc(C=Cc3ccccc3)c2O)c1. The van der Waals surface area contributed by atoms with Gasteiger partial charge >= 0.3 is 0 Å². The van der Waals surface area contributed by atoms with E-state index < -0.39 is 0 Å². The fourth-order valence-corrected chi connectivity index (χ4v) is 4.73. The van der Waals surface area contributed by atoms with Crippen LogP contribution in [-0.2, 0) is 0 Å². The van der Waals surface area contributed by atoms with E-state index >= 15 is 0 Å². The van der Waals surface area contributed by atoms with Gasteiger partial charge in [-0.2, -0.15) is 0 Å². The zero-order valence-electron chi connectivity index (χ0n) is 18.7. The highest BCUT2D eigenvalue weighted by Crippen LogP contribution is 2.43. The van der Waals surface area contributed by atoms with E-state index in [-0.39, 0.29) is 11.5 Å². The van der Waals surface area contributed by atoms with Crippen LogP contribution in [0.2, 0.25) is 0 Å². The van der Waals surface area contributed by atoms with Gasteiger partial charge in [-0.3, -0.25) is 0 Å². The van der Waals surface area contributed by atoms with Crippen LogP contribution in [0.1, 0.15) is 33.4 Å². The van der Waals surface area contributed by atoms with Gasteiger partial charge in [0.15, 0.2) is 0 Å². The lowest BCUT2D eigenvalue weighted by atomic mass is 10.1. The second-order valence-corrected chi connectivity index (χ2v) is 9.08. The molecule has 0 atom stereocenters. The first-order chi connectivity index (χ1) is 16.0. The quantitative estimate of drug-likeness (QED) is 0.291. The summed E-state index contributed by atoms with van der Waals surface area (Å²) in [5, 5.41) is 21.9. The molecule has 33 heavy (non-hydrogen) atoms. The zero-order valence-corrected chi connectivity index (χ0v) is 19.5. The second kappa shape index (κ2) is 10.3. The molecule has 0 unspecified atom stereocenters. The van der Waals surface area contributed by atoms with Crippen molar-refractivity contribution in [2.24, 2.45) is 0 Å². The maximum atomic E-state index is 11.0. The van der Waals surface area contributed by atoms with Crippen LogP contribution in [0.25, 0.3) is 24.3 Å². The molecule has 0 radical (unpaired) electrons. The number of phenols is 2. The standard InChI is InChI=1S/C30H26O2S/c1-21-17-25(15-13-23-9-5-3-6-10-23)29(31)27(19-21)33-28-20-22(2)18-26(30(28)32)16-14-24-11-7-4-8-12-24/h3-20,31-32H,1-2H3. The van der Waals surface area contributed by atoms with Crippen LogP contribution in [-0.4, -0.2) is 10.2 Å². The predicted octanol–water partition coefficient (Wildman–Crippen LogP) is 8.21. The smallest absolute Gasteiger partial charge is 0.136 e. The van der Waals surface area contributed by atoms with Gasteiger partial charge in [0.1, 0.15) is 11.5 Å². The third-order valence-electron chi connectivity index (χ3n) is 5.23. The van der Waals surface area contributed by atoms with Crippen LogP contribution in [0.15, 0.2) is 94.7 Å². The lowest BCUT2D eigenvalue weighted by molar-refractivity contribution is 0.458. The highest BCUT2D eigenvalue weighted by atomic mass is 32.2. The van der Waals surface area contributed by atoms with Crippen LogP contribution in [0.3, 0.4) is 0 Å². The molecule has 0 aliphatic carbocycles. The molecule has 0 fully saturated rings. The van der Waals surface area contributed by atoms with Crippen molar-refractivity contribution >= 4 is 36.1 Å². The van der Waals surface area contributed by atoms with Crippen molar-refractivity contribution in [3.63, 3.8) is 0 Å². The summed E-state index contributed by atoms with van der Waals surface area (Å²) in [5.74, 6) is 0.417. The van der Waals surface area contributed by atoms with Crippen molar-refractivity contribution in [3.8, 4) is 11.5 Å². The average molecular weight is 451 g/mol. The third-order valence-corrected chi connectivity index (χ3v) is 6.29. The number of aromatic hydroxyl groups is 2. The largest absolute Gasteiger partial charge is 0.506 e. The van der Waals surface area contributed by atoms with Crippen molar-refractivity contribution in [3.05, 3.63) is 118 Å². The van der Waals surface area contributed by atoms with Gasteiger partial charge in [-0.1, -0.05) is 96.7 Å². The Morgan fingerprint density at radius 3 is 1.33 bits per heavy atom. The maximum absolute atomic E-state index is 11.0. The van der Waals surface area contributed by atoms with Gasteiger partial charge in [0.25, 0.3) is 0 Å². The monoisotopic (exact) mass is 450 g/mol. The molecular formula is C30H26O2S. The summed E-state index contributed by atoms with van der Waals surface area (Å²) in [4.78, 5) is 1.42. The fourth-order valence-electron chi connectivity index (χ4n) is 3.57. The normalized spacial score (nSPS) is 11.5. The van der Waals surface area contributed by atoms with Crippen LogP contribution >= 0.6 is 11.8 Å². The van der Waals surface area contributed by atoms with E-state index in [1.54, 1.807) is 0 Å². The van der Waals surface area contributed by atoms with E-state index in [0.717, 1.165) is 33.4 Å². The van der Waals surface area contributed by atoms with Crippen molar-refractivity contribution in [1.82, 2.24) is 0 Å². The highest BCUT2D eigenvalue weighted by Gasteiger charge is 2.13. The molecule has 2 N–H and O–H groups in total. The molecule has 0 saturated carbocycles. The summed E-state index contributed by atoms with van der Waals surface area (Å²) >= 11 is 1.37. The Morgan fingerprint density at radius 2 is 0.939 bits per heavy atom. The maximum Gasteiger partial charge on any atom is 0.136 e. The Bertz CT molecular complexity index is 1200. The Kier molecular flexibility index (Phi) is 7.01. The highest BCUT2D eigenvalue weighted by molar-refractivity contribution is 7.99. The number of phenolic OH excluding ortho intramolecular Hbond substituents is 2. The van der Waals surface area contributed by atoms with Gasteiger partial charge < -0.3 is 10.2 Å². The van der Waals surface area contributed by atoms with Crippen molar-refractivity contribution < 1.29 is 10.2 Å². The minimum atomic E-state index is 0.208. The summed E-state index contributed by atoms with van der Waals surface area (Å²) in [6.45, 7) is 4.01. The summed E-state index contributed by atoms with van der Waals surface area (Å²) in [5.41, 5.74) is 5.71. The number of aryl methyl sites for hydroxylation is 2. The molecule has 164 valence electrons. The molecule has 0 aliphatic heterocycles. The Balaban J connectivity index is 1.65. The van der Waals surface area contributed by atoms with E-state index in [9.17, 15) is 10.2 Å². The Morgan fingerprint density at radius 1 is 0.545 bits per heavy atom. The number of hydrogen-bond donors (Lipinski definition) is 2. The molecule has 0 saturated heterocycles. The lowest BCUT2D eigenvalue weighted by Crippen LogP contribution is -1.87. The van der Waals surface area contributed by atoms with Crippen molar-refractivity contribution in [2.45, 2.75) is 23.6 Å². The van der Waals surface area contributed by atoms with Gasteiger partial charge in [0.2, 0.25) is 0 Å². The minimum Gasteiger partial charge on any atom is -0.506 e. The lowest BCUT2D eigenvalue weighted by Gasteiger charge is -2.12. The molecule has 3 heteroatoms. The molecule has 0 spiro atoms. The first-order valence-electron chi connectivity index (χ1n) is 10.8. The molecule has 2 nitrogen and oxygen atoms in total. The van der Waals surface area contributed by atoms with Gasteiger partial charge in [0, 0.05) is 11.1 Å². The fraction of sp³-hybridized carbons (Fsp3) is 0.0667. The van der Waals surface area contributed by atoms with E-state index in [4.69, 9.17) is 0 Å². The Labute approximate surface area is 199 Å². The topological polar surface area (TPSA) is 40.5 Å². The van der Waals surface area contributed by atoms with Gasteiger partial charge in [-0.15, -0.1) is 0 Å². The molecular weight excluding hydrogens is 424 g/mol. The first-order valence-corrected chi connectivity index (χ1v) is 11.6. The molecule has 0 heterocycles. The van der Waals surface area contributed by atoms with Crippen LogP contribution < -0.4 is 0 Å². The summed E-state index contributed by atoms with van der Waals surface area (Å²) in [6.07, 6.45) is 7.82. The van der Waals surface area contributed by atoms with Crippen LogP contribution in [0, 0.1) is 13.8 Å². The predicted molar refractivity (Wildman–Crippen MR) is 141 cm³/mol. The van der Waals surface area contributed by atoms with Crippen LogP contribution in [0.4, 0.5) is 0 Å². The molecule has 4 aromatic carbocycles. The molecule has 4 aromatic rings. The summed E-state index contributed by atoms with van der Waals surface area (Å²) < 4.78 is 0. The number of rotatable bonds is 6. The van der Waals surface area contributed by atoms with E-state index in [1.165, 1.54) is 11.8 Å². The van der Waals surface area contributed by atoms with Gasteiger partial charge in [-0.25, -0.2) is 0 Å². The third kappa shape index (κ3) is 5.76. The van der Waals surface area contributed by atoms with E-state index in [2.05, 4.69) is 0 Å². The first kappa shape index (κ1) is 22.5. The van der Waals surface area contributed by atoms with E-state index in [0.29, 0.717) is 9.79 Å². The number of hydrogen-bond acceptors (Lipinski definition) is 3. The molecule has 0 bridgehead atoms. The molecule has 0 aliphatic rings. The minimum absolute atomic E-state index is 0.208. The molecule has 0 amide bonds. The Hall–Kier alpha value is -3.69. The average Bonchev–Trinajstić information content (AvgIpc) is 2.82. The second-order valence-electron chi connectivity index (χ2n) is 7.99. The van der Waals surface area contributed by atoms with E-state index in [1.807, 2.05) is 123 Å². The van der Waals surface area contributed by atoms with Crippen LogP contribution in [0.5, 0.6) is 11.5 Å². The summed E-state index contributed by atoms with van der Waals surface area (Å²) in [6, 6.07) is 27.8. The van der Waals surface area contributed by atoms with Gasteiger partial charge in [-0.05, 0) is 60.4 Å². The zero-order chi connectivity index (χ0) is 23.2. The molecule has 4 rings (SSSR count). The molecule has 0 aromatic heterocycles. The summed E-state index contributed by atoms with van der Waals surface area (Å²) in [7, 11) is 0. The van der Waals surface area contributed by atoms with Gasteiger partial charge in [0.05, 0.1) is 9.79 Å². The van der Waals surface area contributed by atoms with Crippen molar-refractivity contribution in [2.75, 3.05) is 0 Å². The van der Waals surface area contributed by atoms with Crippen molar-refractivity contribution in [1.29, 1.82) is 0 Å². The number of benzene rings is 4.